The number of hydrogen-bond acceptors (Lipinski definition) is 3. The molecule has 0 radical (unpaired) electrons. The van der Waals surface area contributed by atoms with Crippen LogP contribution in [-0.2, 0) is 13.2 Å². The molecule has 6 heteroatoms. The molecule has 0 aliphatic carbocycles. The summed E-state index contributed by atoms with van der Waals surface area (Å²) in [6, 6.07) is 31.1. The number of halogens is 1. The second kappa shape index (κ2) is 12.8. The molecule has 0 spiro atoms. The molecule has 0 amide bonds. The number of ether oxygens (including phenoxy) is 2. The minimum absolute atomic E-state index is 0. The van der Waals surface area contributed by atoms with Gasteiger partial charge in [0.1, 0.15) is 24.7 Å². The van der Waals surface area contributed by atoms with Crippen molar-refractivity contribution in [1.82, 2.24) is 0 Å². The summed E-state index contributed by atoms with van der Waals surface area (Å²) in [6.07, 6.45) is 0. The summed E-state index contributed by atoms with van der Waals surface area (Å²) in [5.74, 6) is 1.33. The van der Waals surface area contributed by atoms with E-state index >= 15 is 0 Å². The van der Waals surface area contributed by atoms with Gasteiger partial charge in [0.15, 0.2) is 5.52 Å². The van der Waals surface area contributed by atoms with Crippen molar-refractivity contribution in [3.8, 4) is 11.5 Å². The maximum atomic E-state index is 13.1. The third-order valence-corrected chi connectivity index (χ3v) is 6.61. The van der Waals surface area contributed by atoms with Gasteiger partial charge < -0.3 is 10.9 Å². The fraction of sp³-hybridized carbons (Fsp3) is 0.107. The molecule has 4 aromatic rings. The van der Waals surface area contributed by atoms with E-state index in [1.807, 2.05) is 97.9 Å². The summed E-state index contributed by atoms with van der Waals surface area (Å²) < 4.78 is 12.1. The average Bonchev–Trinajstić information content (AvgIpc) is 2.83. The van der Waals surface area contributed by atoms with E-state index in [1.165, 1.54) is 0 Å². The molecule has 0 saturated heterocycles. The predicted octanol–water partition coefficient (Wildman–Crippen LogP) is 4.07. The van der Waals surface area contributed by atoms with Crippen molar-refractivity contribution in [2.75, 3.05) is 0 Å². The van der Waals surface area contributed by atoms with E-state index in [2.05, 4.69) is 0 Å². The van der Waals surface area contributed by atoms with Crippen molar-refractivity contribution in [1.29, 1.82) is 0 Å². The monoisotopic (exact) mass is 482 g/mol. The van der Waals surface area contributed by atoms with Gasteiger partial charge in [-0.1, -0.05) is 84.4 Å². The number of carbonyl (C=O) groups is 1. The predicted molar refractivity (Wildman–Crippen MR) is 138 cm³/mol. The molecular weight excluding hydrogens is 458 g/mol. The first-order valence-electron chi connectivity index (χ1n) is 10.6. The average molecular weight is 483 g/mol. The zero-order valence-electron chi connectivity index (χ0n) is 20.3. The fourth-order valence-electron chi connectivity index (χ4n) is 3.40. The number of benzene rings is 4. The van der Waals surface area contributed by atoms with Crippen LogP contribution in [0.3, 0.4) is 0 Å². The number of aryl methyl sites for hydroxylation is 1. The molecule has 0 fully saturated rings. The summed E-state index contributed by atoms with van der Waals surface area (Å²) in [5, 5.41) is 1.30. The van der Waals surface area contributed by atoms with E-state index in [9.17, 15) is 4.79 Å². The molecule has 0 aliphatic rings. The molecule has 4 rings (SSSR count). The van der Waals surface area contributed by atoms with Crippen molar-refractivity contribution in [2.24, 2.45) is 0 Å². The van der Waals surface area contributed by atoms with Crippen LogP contribution in [0.2, 0.25) is 5.02 Å². The van der Waals surface area contributed by atoms with E-state index < -0.39 is 0 Å². The first kappa shape index (κ1) is 26.1. The molecule has 0 bridgehead atoms. The SMILES string of the molecule is Cc1cccc(Cl)c1C(=O)Pc1ccc(OCc2ccccc2)cc1OCc1ccccc1.[H-].[Li+]. The van der Waals surface area contributed by atoms with E-state index in [1.54, 1.807) is 6.07 Å². The Hall–Kier alpha value is -2.53. The first-order chi connectivity index (χ1) is 16.1. The molecule has 168 valence electrons. The van der Waals surface area contributed by atoms with E-state index in [-0.39, 0.29) is 34.4 Å². The van der Waals surface area contributed by atoms with Gasteiger partial charge in [0.2, 0.25) is 0 Å². The smallest absolute Gasteiger partial charge is 1.00 e. The minimum atomic E-state index is -0.118. The van der Waals surface area contributed by atoms with Crippen LogP contribution in [0.1, 0.15) is 28.5 Å². The first-order valence-corrected chi connectivity index (χ1v) is 12.0. The van der Waals surface area contributed by atoms with Gasteiger partial charge in [-0.15, -0.1) is 0 Å². The summed E-state index contributed by atoms with van der Waals surface area (Å²) >= 11 is 6.33. The standard InChI is InChI=1S/C28H24ClO3P.Li.H/c1-20-9-8-14-24(29)27(20)28(30)33-26-16-15-23(31-18-21-10-4-2-5-11-21)17-25(26)32-19-22-12-6-3-7-13-22;;/h2-17,33H,18-19H2,1H3;;/q;+1;-1. The van der Waals surface area contributed by atoms with Crippen molar-refractivity contribution >= 4 is 31.0 Å². The Morgan fingerprint density at radius 2 is 1.44 bits per heavy atom. The maximum absolute atomic E-state index is 13.1. The number of hydrogen-bond donors (Lipinski definition) is 0. The number of rotatable bonds is 9. The summed E-state index contributed by atoms with van der Waals surface area (Å²) in [4.78, 5) is 13.1. The molecule has 0 N–H and O–H groups in total. The topological polar surface area (TPSA) is 35.5 Å². The van der Waals surface area contributed by atoms with Gasteiger partial charge in [-0.2, -0.15) is 0 Å². The zero-order valence-corrected chi connectivity index (χ0v) is 21.0. The third kappa shape index (κ3) is 6.99. The third-order valence-electron chi connectivity index (χ3n) is 5.14. The fourth-order valence-corrected chi connectivity index (χ4v) is 4.92. The molecule has 34 heavy (non-hydrogen) atoms. The molecule has 4 aromatic carbocycles. The van der Waals surface area contributed by atoms with Gasteiger partial charge in [-0.05, 0) is 50.4 Å². The van der Waals surface area contributed by atoms with Crippen LogP contribution >= 0.6 is 20.2 Å². The Balaban J connectivity index is 0.00000216. The molecule has 0 aromatic heterocycles. The summed E-state index contributed by atoms with van der Waals surface area (Å²) in [5.41, 5.74) is 3.56. The van der Waals surface area contributed by atoms with Gasteiger partial charge in [-0.3, -0.25) is 4.79 Å². The number of carbonyl (C=O) groups excluding carboxylic acids is 1. The second-order valence-electron chi connectivity index (χ2n) is 7.59. The van der Waals surface area contributed by atoms with Crippen molar-refractivity contribution in [3.05, 3.63) is 124 Å². The van der Waals surface area contributed by atoms with Gasteiger partial charge in [-0.25, -0.2) is 0 Å². The van der Waals surface area contributed by atoms with Crippen LogP contribution in [-0.4, -0.2) is 5.52 Å². The Morgan fingerprint density at radius 3 is 2.06 bits per heavy atom. The Bertz CT molecular complexity index is 1220. The second-order valence-corrected chi connectivity index (χ2v) is 9.24. The van der Waals surface area contributed by atoms with Crippen LogP contribution in [0.15, 0.2) is 97.1 Å². The molecule has 3 nitrogen and oxygen atoms in total. The van der Waals surface area contributed by atoms with Gasteiger partial charge >= 0.3 is 18.9 Å². The Kier molecular flexibility index (Phi) is 9.82. The largest absolute Gasteiger partial charge is 1.00 e. The van der Waals surface area contributed by atoms with Gasteiger partial charge in [0, 0.05) is 16.9 Å². The molecule has 1 unspecified atom stereocenters. The minimum Gasteiger partial charge on any atom is -1.00 e. The van der Waals surface area contributed by atoms with Crippen molar-refractivity contribution in [2.45, 2.75) is 20.1 Å². The van der Waals surface area contributed by atoms with Crippen LogP contribution in [0.4, 0.5) is 0 Å². The van der Waals surface area contributed by atoms with Crippen LogP contribution in [0.25, 0.3) is 0 Å². The van der Waals surface area contributed by atoms with Crippen LogP contribution in [0.5, 0.6) is 11.5 Å². The van der Waals surface area contributed by atoms with Crippen LogP contribution < -0.4 is 33.6 Å². The molecule has 0 heterocycles. The van der Waals surface area contributed by atoms with Crippen molar-refractivity contribution < 1.29 is 34.6 Å². The Labute approximate surface area is 220 Å². The Morgan fingerprint density at radius 1 is 0.824 bits per heavy atom. The maximum Gasteiger partial charge on any atom is 1.00 e. The van der Waals surface area contributed by atoms with E-state index in [4.69, 9.17) is 21.1 Å². The molecular formula is C28H25ClLiO3P. The van der Waals surface area contributed by atoms with Gasteiger partial charge in [0.05, 0.1) is 5.02 Å². The molecule has 1 atom stereocenters. The molecule has 0 aliphatic heterocycles. The van der Waals surface area contributed by atoms with E-state index in [0.717, 1.165) is 22.0 Å². The van der Waals surface area contributed by atoms with E-state index in [0.29, 0.717) is 35.3 Å². The quantitative estimate of drug-likeness (QED) is 0.266. The normalized spacial score (nSPS) is 10.6. The molecule has 0 saturated carbocycles. The zero-order chi connectivity index (χ0) is 23.0. The van der Waals surface area contributed by atoms with Gasteiger partial charge in [0.25, 0.3) is 0 Å². The van der Waals surface area contributed by atoms with Crippen molar-refractivity contribution in [3.63, 3.8) is 0 Å². The summed E-state index contributed by atoms with van der Waals surface area (Å²) in [6.45, 7) is 2.76. The van der Waals surface area contributed by atoms with Crippen LogP contribution in [0, 0.1) is 6.92 Å². The summed E-state index contributed by atoms with van der Waals surface area (Å²) in [7, 11) is -0.118.